The van der Waals surface area contributed by atoms with Crippen molar-refractivity contribution in [1.82, 2.24) is 14.3 Å². The molecular weight excluding hydrogens is 485 g/mol. The Morgan fingerprint density at radius 2 is 1.67 bits per heavy atom. The minimum atomic E-state index is -0.325. The van der Waals surface area contributed by atoms with Gasteiger partial charge in [-0.05, 0) is 47.5 Å². The van der Waals surface area contributed by atoms with Crippen molar-refractivity contribution < 1.29 is 23.3 Å². The van der Waals surface area contributed by atoms with Gasteiger partial charge in [0, 0.05) is 38.2 Å². The van der Waals surface area contributed by atoms with Crippen LogP contribution in [0.15, 0.2) is 52.6 Å². The molecule has 0 saturated heterocycles. The SMILES string of the molecule is COCCN(Cc1cc(OC)c(OC)c(OC)c1)Cc1cc(=O)n2c(-c3ccc(F)cc3)csc2n1. The summed E-state index contributed by atoms with van der Waals surface area (Å²) in [4.78, 5) is 20.5. The molecule has 2 aromatic heterocycles. The minimum Gasteiger partial charge on any atom is -0.493 e. The van der Waals surface area contributed by atoms with Crippen LogP contribution in [0.4, 0.5) is 4.39 Å². The van der Waals surface area contributed by atoms with Crippen LogP contribution >= 0.6 is 11.3 Å². The Labute approximate surface area is 212 Å². The maximum Gasteiger partial charge on any atom is 0.259 e. The van der Waals surface area contributed by atoms with Gasteiger partial charge >= 0.3 is 0 Å². The van der Waals surface area contributed by atoms with Crippen molar-refractivity contribution >= 4 is 16.3 Å². The molecule has 36 heavy (non-hydrogen) atoms. The van der Waals surface area contributed by atoms with Gasteiger partial charge < -0.3 is 18.9 Å². The lowest BCUT2D eigenvalue weighted by Crippen LogP contribution is -2.28. The van der Waals surface area contributed by atoms with Crippen LogP contribution in [0.5, 0.6) is 17.2 Å². The summed E-state index contributed by atoms with van der Waals surface area (Å²) in [5, 5.41) is 1.86. The predicted molar refractivity (Wildman–Crippen MR) is 137 cm³/mol. The highest BCUT2D eigenvalue weighted by Gasteiger charge is 2.17. The van der Waals surface area contributed by atoms with Gasteiger partial charge in [-0.3, -0.25) is 14.1 Å². The van der Waals surface area contributed by atoms with E-state index in [9.17, 15) is 9.18 Å². The number of ether oxygens (including phenoxy) is 4. The Hall–Kier alpha value is -3.47. The second-order valence-electron chi connectivity index (χ2n) is 8.07. The maximum absolute atomic E-state index is 13.4. The van der Waals surface area contributed by atoms with Gasteiger partial charge in [0.05, 0.1) is 39.3 Å². The second kappa shape index (κ2) is 11.5. The van der Waals surface area contributed by atoms with E-state index in [2.05, 4.69) is 4.90 Å². The first kappa shape index (κ1) is 25.6. The summed E-state index contributed by atoms with van der Waals surface area (Å²) in [6.07, 6.45) is 0. The molecule has 4 rings (SSSR count). The van der Waals surface area contributed by atoms with Crippen LogP contribution in [0, 0.1) is 5.82 Å². The van der Waals surface area contributed by atoms with Crippen molar-refractivity contribution in [2.75, 3.05) is 41.6 Å². The third-order valence-corrected chi connectivity index (χ3v) is 6.55. The van der Waals surface area contributed by atoms with Gasteiger partial charge in [0.2, 0.25) is 5.75 Å². The Balaban J connectivity index is 1.63. The molecule has 0 saturated carbocycles. The van der Waals surface area contributed by atoms with E-state index in [1.807, 2.05) is 17.5 Å². The summed E-state index contributed by atoms with van der Waals surface area (Å²) >= 11 is 1.37. The smallest absolute Gasteiger partial charge is 0.259 e. The van der Waals surface area contributed by atoms with Crippen molar-refractivity contribution in [2.45, 2.75) is 13.1 Å². The number of nitrogens with zero attached hydrogens (tertiary/aromatic N) is 3. The van der Waals surface area contributed by atoms with Crippen LogP contribution in [0.25, 0.3) is 16.2 Å². The summed E-state index contributed by atoms with van der Waals surface area (Å²) in [7, 11) is 6.38. The van der Waals surface area contributed by atoms with Crippen molar-refractivity contribution in [2.24, 2.45) is 0 Å². The number of hydrogen-bond donors (Lipinski definition) is 0. The van der Waals surface area contributed by atoms with E-state index in [4.69, 9.17) is 23.9 Å². The summed E-state index contributed by atoms with van der Waals surface area (Å²) in [6.45, 7) is 2.13. The van der Waals surface area contributed by atoms with Gasteiger partial charge in [0.1, 0.15) is 5.82 Å². The van der Waals surface area contributed by atoms with Crippen LogP contribution in [-0.2, 0) is 17.8 Å². The number of aromatic nitrogens is 2. The van der Waals surface area contributed by atoms with Crippen LogP contribution in [0.2, 0.25) is 0 Å². The van der Waals surface area contributed by atoms with E-state index in [0.717, 1.165) is 11.1 Å². The average Bonchev–Trinajstić information content (AvgIpc) is 3.31. The summed E-state index contributed by atoms with van der Waals surface area (Å²) in [5.74, 6) is 1.35. The number of fused-ring (bicyclic) bond motifs is 1. The fourth-order valence-electron chi connectivity index (χ4n) is 4.02. The molecule has 0 aliphatic rings. The highest BCUT2D eigenvalue weighted by Crippen LogP contribution is 2.38. The lowest BCUT2D eigenvalue weighted by atomic mass is 10.1. The number of benzene rings is 2. The lowest BCUT2D eigenvalue weighted by molar-refractivity contribution is 0.139. The maximum atomic E-state index is 13.4. The highest BCUT2D eigenvalue weighted by molar-refractivity contribution is 7.15. The fraction of sp³-hybridized carbons (Fsp3) is 0.308. The third kappa shape index (κ3) is 5.51. The number of methoxy groups -OCH3 is 4. The first-order valence-corrected chi connectivity index (χ1v) is 12.1. The van der Waals surface area contributed by atoms with Gasteiger partial charge in [0.15, 0.2) is 16.5 Å². The van der Waals surface area contributed by atoms with Crippen LogP contribution in [-0.4, -0.2) is 55.9 Å². The molecule has 0 fully saturated rings. The number of halogens is 1. The molecule has 2 aromatic carbocycles. The first-order valence-electron chi connectivity index (χ1n) is 11.2. The summed E-state index contributed by atoms with van der Waals surface area (Å²) in [6, 6.07) is 11.4. The number of rotatable bonds is 11. The van der Waals surface area contributed by atoms with Gasteiger partial charge in [-0.1, -0.05) is 0 Å². The zero-order chi connectivity index (χ0) is 25.7. The van der Waals surface area contributed by atoms with Crippen LogP contribution in [0.1, 0.15) is 11.3 Å². The van der Waals surface area contributed by atoms with E-state index >= 15 is 0 Å². The lowest BCUT2D eigenvalue weighted by Gasteiger charge is -2.23. The normalized spacial score (nSPS) is 11.3. The van der Waals surface area contributed by atoms with Gasteiger partial charge in [0.25, 0.3) is 5.56 Å². The molecule has 0 radical (unpaired) electrons. The van der Waals surface area contributed by atoms with Gasteiger partial charge in [-0.2, -0.15) is 0 Å². The van der Waals surface area contributed by atoms with Crippen molar-refractivity contribution in [3.63, 3.8) is 0 Å². The number of hydrogen-bond acceptors (Lipinski definition) is 8. The largest absolute Gasteiger partial charge is 0.493 e. The molecular formula is C26H28FN3O5S. The number of thiazole rings is 1. The molecule has 4 aromatic rings. The fourth-order valence-corrected chi connectivity index (χ4v) is 4.94. The first-order chi connectivity index (χ1) is 17.5. The molecule has 8 nitrogen and oxygen atoms in total. The Morgan fingerprint density at radius 1 is 0.972 bits per heavy atom. The van der Waals surface area contributed by atoms with Gasteiger partial charge in [-0.15, -0.1) is 11.3 Å². The van der Waals surface area contributed by atoms with Crippen molar-refractivity contribution in [1.29, 1.82) is 0 Å². The van der Waals surface area contributed by atoms with Crippen LogP contribution < -0.4 is 19.8 Å². The molecule has 10 heteroatoms. The third-order valence-electron chi connectivity index (χ3n) is 5.73. The Kier molecular flexibility index (Phi) is 8.19. The molecule has 0 atom stereocenters. The standard InChI is InChI=1S/C26H28FN3O5S/c1-32-10-9-29(14-17-11-22(33-2)25(35-4)23(12-17)34-3)15-20-13-24(31)30-21(16-36-26(30)28-20)18-5-7-19(27)8-6-18/h5-8,11-13,16H,9-10,14-15H2,1-4H3. The molecule has 0 spiro atoms. The van der Waals surface area contributed by atoms with Gasteiger partial charge in [-0.25, -0.2) is 9.37 Å². The zero-order valence-electron chi connectivity index (χ0n) is 20.6. The zero-order valence-corrected chi connectivity index (χ0v) is 21.4. The molecule has 0 amide bonds. The summed E-state index contributed by atoms with van der Waals surface area (Å²) < 4.78 is 36.6. The minimum absolute atomic E-state index is 0.185. The van der Waals surface area contributed by atoms with E-state index in [-0.39, 0.29) is 11.4 Å². The molecule has 0 aliphatic carbocycles. The van der Waals surface area contributed by atoms with E-state index in [0.29, 0.717) is 59.8 Å². The monoisotopic (exact) mass is 513 g/mol. The predicted octanol–water partition coefficient (Wildman–Crippen LogP) is 4.24. The topological polar surface area (TPSA) is 74.5 Å². The molecule has 0 bridgehead atoms. The Bertz CT molecular complexity index is 1360. The van der Waals surface area contributed by atoms with E-state index in [1.54, 1.807) is 51.0 Å². The summed E-state index contributed by atoms with van der Waals surface area (Å²) in [5.41, 5.74) is 2.86. The molecule has 190 valence electrons. The van der Waals surface area contributed by atoms with Crippen molar-refractivity contribution in [3.8, 4) is 28.5 Å². The van der Waals surface area contributed by atoms with E-state index in [1.165, 1.54) is 23.5 Å². The highest BCUT2D eigenvalue weighted by atomic mass is 32.1. The average molecular weight is 514 g/mol. The molecule has 0 unspecified atom stereocenters. The quantitative estimate of drug-likeness (QED) is 0.297. The molecule has 2 heterocycles. The van der Waals surface area contributed by atoms with Crippen molar-refractivity contribution in [3.05, 3.63) is 75.3 Å². The molecule has 0 aliphatic heterocycles. The van der Waals surface area contributed by atoms with Crippen LogP contribution in [0.3, 0.4) is 0 Å². The molecule has 0 N–H and O–H groups in total. The Morgan fingerprint density at radius 3 is 2.28 bits per heavy atom. The van der Waals surface area contributed by atoms with E-state index < -0.39 is 0 Å². The second-order valence-corrected chi connectivity index (χ2v) is 8.91.